The summed E-state index contributed by atoms with van der Waals surface area (Å²) in [5.41, 5.74) is 7.88. The number of sulfone groups is 1. The zero-order valence-corrected chi connectivity index (χ0v) is 20.1. The van der Waals surface area contributed by atoms with Crippen LogP contribution in [0.1, 0.15) is 58.6 Å². The molecule has 4 rings (SSSR count). The first kappa shape index (κ1) is 23.0. The van der Waals surface area contributed by atoms with Gasteiger partial charge in [-0.05, 0) is 57.9 Å². The molecule has 1 aromatic heterocycles. The maximum Gasteiger partial charge on any atom is 0.164 e. The van der Waals surface area contributed by atoms with E-state index < -0.39 is 14.6 Å². The van der Waals surface area contributed by atoms with Crippen molar-refractivity contribution in [2.75, 3.05) is 30.4 Å². The topological polar surface area (TPSA) is 98.4 Å². The van der Waals surface area contributed by atoms with Gasteiger partial charge in [0.2, 0.25) is 0 Å². The Labute approximate surface area is 191 Å². The fraction of sp³-hybridized carbons (Fsp3) is 0.583. The van der Waals surface area contributed by atoms with Crippen LogP contribution in [-0.2, 0) is 19.3 Å². The summed E-state index contributed by atoms with van der Waals surface area (Å²) in [6.45, 7) is 7.60. The molecule has 1 aromatic carbocycles. The van der Waals surface area contributed by atoms with Gasteiger partial charge in [-0.15, -0.1) is 0 Å². The summed E-state index contributed by atoms with van der Waals surface area (Å²) in [7, 11) is -3.43. The number of aromatic nitrogens is 2. The molecule has 0 spiro atoms. The first-order valence-electron chi connectivity index (χ1n) is 11.5. The van der Waals surface area contributed by atoms with E-state index in [1.54, 1.807) is 13.8 Å². The van der Waals surface area contributed by atoms with Crippen LogP contribution >= 0.6 is 0 Å². The molecule has 0 bridgehead atoms. The lowest BCUT2D eigenvalue weighted by Crippen LogP contribution is -2.44. The minimum Gasteiger partial charge on any atom is -0.399 e. The molecule has 2 fully saturated rings. The van der Waals surface area contributed by atoms with Gasteiger partial charge in [0.05, 0.1) is 30.2 Å². The van der Waals surface area contributed by atoms with Gasteiger partial charge >= 0.3 is 0 Å². The molecule has 8 heteroatoms. The summed E-state index contributed by atoms with van der Waals surface area (Å²) in [5, 5.41) is -0.313. The van der Waals surface area contributed by atoms with Crippen molar-refractivity contribution in [2.24, 2.45) is 0 Å². The van der Waals surface area contributed by atoms with Crippen molar-refractivity contribution in [1.29, 1.82) is 0 Å². The SMILES string of the molecule is C[C@H]1COCCN1c1cc(C(C)(C)S(=O)(=O)C2CCCCC2)nc(-c2ccc(N)cc2)n1. The summed E-state index contributed by atoms with van der Waals surface area (Å²) in [5.74, 6) is 1.26. The van der Waals surface area contributed by atoms with E-state index in [-0.39, 0.29) is 11.3 Å². The van der Waals surface area contributed by atoms with Crippen LogP contribution in [0.5, 0.6) is 0 Å². The monoisotopic (exact) mass is 458 g/mol. The lowest BCUT2D eigenvalue weighted by molar-refractivity contribution is 0.0985. The Kier molecular flexibility index (Phi) is 6.45. The number of rotatable bonds is 5. The Bertz CT molecular complexity index is 1050. The summed E-state index contributed by atoms with van der Waals surface area (Å²) in [4.78, 5) is 11.8. The molecule has 174 valence electrons. The molecule has 0 amide bonds. The van der Waals surface area contributed by atoms with Crippen molar-refractivity contribution in [3.8, 4) is 11.4 Å². The number of hydrogen-bond donors (Lipinski definition) is 1. The molecular weight excluding hydrogens is 424 g/mol. The van der Waals surface area contributed by atoms with Gasteiger partial charge in [-0.2, -0.15) is 0 Å². The lowest BCUT2D eigenvalue weighted by Gasteiger charge is -2.36. The smallest absolute Gasteiger partial charge is 0.164 e. The molecular formula is C24H34N4O3S. The number of benzene rings is 1. The fourth-order valence-electron chi connectivity index (χ4n) is 4.66. The predicted molar refractivity (Wildman–Crippen MR) is 128 cm³/mol. The van der Waals surface area contributed by atoms with E-state index in [1.165, 1.54) is 0 Å². The lowest BCUT2D eigenvalue weighted by atomic mass is 10.0. The average molecular weight is 459 g/mol. The van der Waals surface area contributed by atoms with Crippen molar-refractivity contribution < 1.29 is 13.2 Å². The molecule has 1 saturated carbocycles. The largest absolute Gasteiger partial charge is 0.399 e. The van der Waals surface area contributed by atoms with E-state index in [2.05, 4.69) is 11.8 Å². The summed E-state index contributed by atoms with van der Waals surface area (Å²) in [6.07, 6.45) is 4.51. The Balaban J connectivity index is 1.81. The highest BCUT2D eigenvalue weighted by molar-refractivity contribution is 7.92. The van der Waals surface area contributed by atoms with Crippen LogP contribution in [0, 0.1) is 0 Å². The minimum atomic E-state index is -3.43. The van der Waals surface area contributed by atoms with Crippen molar-refractivity contribution in [1.82, 2.24) is 9.97 Å². The first-order valence-corrected chi connectivity index (χ1v) is 13.1. The highest BCUT2D eigenvalue weighted by Crippen LogP contribution is 2.38. The van der Waals surface area contributed by atoms with Crippen molar-refractivity contribution >= 4 is 21.3 Å². The molecule has 0 radical (unpaired) electrons. The molecule has 2 N–H and O–H groups in total. The summed E-state index contributed by atoms with van der Waals surface area (Å²) in [6, 6.07) is 9.39. The van der Waals surface area contributed by atoms with Crippen LogP contribution in [0.3, 0.4) is 0 Å². The number of hydrogen-bond acceptors (Lipinski definition) is 7. The highest BCUT2D eigenvalue weighted by atomic mass is 32.2. The quantitative estimate of drug-likeness (QED) is 0.678. The second-order valence-electron chi connectivity index (χ2n) is 9.49. The van der Waals surface area contributed by atoms with Gasteiger partial charge in [-0.3, -0.25) is 0 Å². The van der Waals surface area contributed by atoms with Crippen LogP contribution in [0.4, 0.5) is 11.5 Å². The van der Waals surface area contributed by atoms with Crippen LogP contribution in [0.15, 0.2) is 30.3 Å². The van der Waals surface area contributed by atoms with Crippen molar-refractivity contribution in [3.05, 3.63) is 36.0 Å². The summed E-state index contributed by atoms with van der Waals surface area (Å²) < 4.78 is 32.0. The fourth-order valence-corrected chi connectivity index (χ4v) is 6.84. The van der Waals surface area contributed by atoms with E-state index in [4.69, 9.17) is 20.4 Å². The molecule has 1 saturated heterocycles. The van der Waals surface area contributed by atoms with Crippen LogP contribution in [0.25, 0.3) is 11.4 Å². The average Bonchev–Trinajstić information content (AvgIpc) is 2.80. The maximum atomic E-state index is 13.7. The minimum absolute atomic E-state index is 0.142. The van der Waals surface area contributed by atoms with Gasteiger partial charge in [0.15, 0.2) is 15.7 Å². The van der Waals surface area contributed by atoms with Gasteiger partial charge in [-0.25, -0.2) is 18.4 Å². The Morgan fingerprint density at radius 2 is 1.78 bits per heavy atom. The van der Waals surface area contributed by atoms with Gasteiger partial charge < -0.3 is 15.4 Å². The second kappa shape index (κ2) is 8.98. The Morgan fingerprint density at radius 3 is 2.44 bits per heavy atom. The van der Waals surface area contributed by atoms with E-state index in [0.29, 0.717) is 37.0 Å². The summed E-state index contributed by atoms with van der Waals surface area (Å²) >= 11 is 0. The number of anilines is 2. The van der Waals surface area contributed by atoms with E-state index in [1.807, 2.05) is 30.3 Å². The van der Waals surface area contributed by atoms with E-state index >= 15 is 0 Å². The zero-order chi connectivity index (χ0) is 22.9. The normalized spacial score (nSPS) is 21.0. The molecule has 1 aliphatic heterocycles. The number of nitrogen functional groups attached to an aromatic ring is 1. The third kappa shape index (κ3) is 4.35. The molecule has 0 unspecified atom stereocenters. The Morgan fingerprint density at radius 1 is 1.09 bits per heavy atom. The highest BCUT2D eigenvalue weighted by Gasteiger charge is 2.44. The number of nitrogens with two attached hydrogens (primary N) is 1. The molecule has 2 aromatic rings. The third-order valence-corrected chi connectivity index (χ3v) is 9.84. The molecule has 2 aliphatic rings. The van der Waals surface area contributed by atoms with E-state index in [9.17, 15) is 8.42 Å². The zero-order valence-electron chi connectivity index (χ0n) is 19.3. The van der Waals surface area contributed by atoms with Crippen LogP contribution < -0.4 is 10.6 Å². The molecule has 7 nitrogen and oxygen atoms in total. The van der Waals surface area contributed by atoms with Crippen molar-refractivity contribution in [2.45, 2.75) is 68.9 Å². The number of nitrogens with zero attached hydrogens (tertiary/aromatic N) is 3. The van der Waals surface area contributed by atoms with Crippen LogP contribution in [-0.4, -0.2) is 49.4 Å². The molecule has 1 aliphatic carbocycles. The predicted octanol–water partition coefficient (Wildman–Crippen LogP) is 3.93. The standard InChI is InChI=1S/C24H34N4O3S/c1-17-16-31-14-13-28(17)22-15-21(26-23(27-22)18-9-11-19(25)12-10-18)24(2,3)32(29,30)20-7-5-4-6-8-20/h9-12,15,17,20H,4-8,13-14,16,25H2,1-3H3/t17-/m0/s1. The number of ether oxygens (including phenoxy) is 1. The second-order valence-corrected chi connectivity index (χ2v) is 12.3. The van der Waals surface area contributed by atoms with Gasteiger partial charge in [0, 0.05) is 23.9 Å². The molecule has 2 heterocycles. The molecule has 1 atom stereocenters. The first-order chi connectivity index (χ1) is 15.2. The number of morpholine rings is 1. The van der Waals surface area contributed by atoms with Gasteiger partial charge in [0.25, 0.3) is 0 Å². The molecule has 32 heavy (non-hydrogen) atoms. The maximum absolute atomic E-state index is 13.7. The third-order valence-electron chi connectivity index (χ3n) is 6.86. The van der Waals surface area contributed by atoms with E-state index in [0.717, 1.165) is 43.5 Å². The van der Waals surface area contributed by atoms with Crippen molar-refractivity contribution in [3.63, 3.8) is 0 Å². The van der Waals surface area contributed by atoms with Crippen LogP contribution in [0.2, 0.25) is 0 Å². The Hall–Kier alpha value is -2.19. The van der Waals surface area contributed by atoms with Gasteiger partial charge in [-0.1, -0.05) is 19.3 Å². The van der Waals surface area contributed by atoms with Gasteiger partial charge in [0.1, 0.15) is 10.6 Å².